The van der Waals surface area contributed by atoms with Crippen LogP contribution in [0.15, 0.2) is 35.1 Å². The number of hydrogen-bond donors (Lipinski definition) is 1. The fourth-order valence-electron chi connectivity index (χ4n) is 1.84. The van der Waals surface area contributed by atoms with Crippen LogP contribution in [-0.4, -0.2) is 27.9 Å². The molecule has 0 aliphatic carbocycles. The molecule has 100 valence electrons. The van der Waals surface area contributed by atoms with Crippen molar-refractivity contribution in [2.75, 3.05) is 11.9 Å². The van der Waals surface area contributed by atoms with E-state index in [1.54, 1.807) is 23.0 Å². The Hall–Kier alpha value is -1.82. The number of carbonyl (C=O) groups is 1. The summed E-state index contributed by atoms with van der Waals surface area (Å²) in [7, 11) is 3.78. The lowest BCUT2D eigenvalue weighted by atomic mass is 10.2. The van der Waals surface area contributed by atoms with Crippen LogP contribution in [-0.2, 0) is 13.6 Å². The number of aromatic nitrogens is 2. The van der Waals surface area contributed by atoms with Crippen LogP contribution in [0.3, 0.4) is 0 Å². The number of carboxylic acid groups (broad SMARTS) is 1. The molecule has 1 N–H and O–H groups in total. The third kappa shape index (κ3) is 3.35. The minimum Gasteiger partial charge on any atom is -0.478 e. The zero-order valence-electron chi connectivity index (χ0n) is 10.7. The van der Waals surface area contributed by atoms with Gasteiger partial charge in [-0.05, 0) is 18.2 Å². The van der Waals surface area contributed by atoms with Gasteiger partial charge in [-0.2, -0.15) is 5.10 Å². The van der Waals surface area contributed by atoms with Gasteiger partial charge in [0, 0.05) is 42.6 Å². The van der Waals surface area contributed by atoms with E-state index in [0.29, 0.717) is 6.54 Å². The summed E-state index contributed by atoms with van der Waals surface area (Å²) in [5.74, 6) is -0.933. The molecule has 2 rings (SSSR count). The van der Waals surface area contributed by atoms with E-state index in [1.165, 1.54) is 0 Å². The standard InChI is InChI=1S/C13H14BrN3O2/c1-16(7-9-6-15-17(2)8-9)12-4-10(13(18)19)3-11(14)5-12/h3-6,8H,7H2,1-2H3,(H,18,19). The molecule has 1 aromatic heterocycles. The van der Waals surface area contributed by atoms with Crippen LogP contribution in [0.5, 0.6) is 0 Å². The number of rotatable bonds is 4. The zero-order chi connectivity index (χ0) is 14.0. The van der Waals surface area contributed by atoms with Crippen LogP contribution in [0, 0.1) is 0 Å². The quantitative estimate of drug-likeness (QED) is 0.939. The van der Waals surface area contributed by atoms with Crippen molar-refractivity contribution in [3.05, 3.63) is 46.2 Å². The molecular weight excluding hydrogens is 310 g/mol. The Balaban J connectivity index is 2.23. The Labute approximate surface area is 119 Å². The largest absolute Gasteiger partial charge is 0.478 e. The first kappa shape index (κ1) is 13.6. The summed E-state index contributed by atoms with van der Waals surface area (Å²) in [6, 6.07) is 5.13. The second kappa shape index (κ2) is 5.44. The average Bonchev–Trinajstić information content (AvgIpc) is 2.73. The molecule has 0 fully saturated rings. The summed E-state index contributed by atoms with van der Waals surface area (Å²) in [4.78, 5) is 13.0. The molecule has 0 radical (unpaired) electrons. The molecule has 0 saturated heterocycles. The highest BCUT2D eigenvalue weighted by molar-refractivity contribution is 9.10. The summed E-state index contributed by atoms with van der Waals surface area (Å²) in [5.41, 5.74) is 2.18. The Morgan fingerprint density at radius 2 is 2.21 bits per heavy atom. The summed E-state index contributed by atoms with van der Waals surface area (Å²) >= 11 is 3.33. The normalized spacial score (nSPS) is 10.5. The lowest BCUT2D eigenvalue weighted by molar-refractivity contribution is 0.0697. The highest BCUT2D eigenvalue weighted by atomic mass is 79.9. The van der Waals surface area contributed by atoms with Crippen molar-refractivity contribution >= 4 is 27.6 Å². The number of halogens is 1. The molecule has 5 nitrogen and oxygen atoms in total. The third-order valence-electron chi connectivity index (χ3n) is 2.75. The van der Waals surface area contributed by atoms with Crippen molar-refractivity contribution in [3.8, 4) is 0 Å². The second-order valence-corrected chi connectivity index (χ2v) is 5.30. The minimum absolute atomic E-state index is 0.266. The molecule has 6 heteroatoms. The molecule has 19 heavy (non-hydrogen) atoms. The molecule has 0 spiro atoms. The number of carboxylic acids is 1. The van der Waals surface area contributed by atoms with Gasteiger partial charge >= 0.3 is 5.97 Å². The molecule has 2 aromatic rings. The first-order valence-corrected chi connectivity index (χ1v) is 6.47. The Morgan fingerprint density at radius 3 is 2.79 bits per heavy atom. The number of anilines is 1. The first-order chi connectivity index (χ1) is 8.95. The maximum Gasteiger partial charge on any atom is 0.335 e. The smallest absolute Gasteiger partial charge is 0.335 e. The highest BCUT2D eigenvalue weighted by Gasteiger charge is 2.10. The van der Waals surface area contributed by atoms with Gasteiger partial charge in [-0.25, -0.2) is 4.79 Å². The molecule has 0 amide bonds. The maximum absolute atomic E-state index is 11.0. The van der Waals surface area contributed by atoms with Crippen LogP contribution in [0.2, 0.25) is 0 Å². The van der Waals surface area contributed by atoms with Crippen molar-refractivity contribution < 1.29 is 9.90 Å². The van der Waals surface area contributed by atoms with E-state index in [0.717, 1.165) is 15.7 Å². The van der Waals surface area contributed by atoms with Crippen LogP contribution in [0.25, 0.3) is 0 Å². The van der Waals surface area contributed by atoms with E-state index in [1.807, 2.05) is 31.3 Å². The van der Waals surface area contributed by atoms with Crippen molar-refractivity contribution in [1.29, 1.82) is 0 Å². The average molecular weight is 324 g/mol. The van der Waals surface area contributed by atoms with Gasteiger partial charge < -0.3 is 10.0 Å². The van der Waals surface area contributed by atoms with Gasteiger partial charge in [0.1, 0.15) is 0 Å². The van der Waals surface area contributed by atoms with E-state index < -0.39 is 5.97 Å². The van der Waals surface area contributed by atoms with Crippen LogP contribution in [0.1, 0.15) is 15.9 Å². The van der Waals surface area contributed by atoms with Gasteiger partial charge in [0.25, 0.3) is 0 Å². The van der Waals surface area contributed by atoms with Crippen molar-refractivity contribution in [2.24, 2.45) is 7.05 Å². The van der Waals surface area contributed by atoms with Gasteiger partial charge in [-0.15, -0.1) is 0 Å². The van der Waals surface area contributed by atoms with Crippen molar-refractivity contribution in [2.45, 2.75) is 6.54 Å². The van der Waals surface area contributed by atoms with Gasteiger partial charge in [0.05, 0.1) is 11.8 Å². The number of nitrogens with zero attached hydrogens (tertiary/aromatic N) is 3. The summed E-state index contributed by atoms with van der Waals surface area (Å²) < 4.78 is 2.49. The summed E-state index contributed by atoms with van der Waals surface area (Å²) in [6.45, 7) is 0.670. The van der Waals surface area contributed by atoms with Gasteiger partial charge in [-0.1, -0.05) is 15.9 Å². The Bertz CT molecular complexity index is 610. The fourth-order valence-corrected chi connectivity index (χ4v) is 2.32. The van der Waals surface area contributed by atoms with Gasteiger partial charge in [0.15, 0.2) is 0 Å². The molecule has 0 aliphatic rings. The molecule has 0 bridgehead atoms. The first-order valence-electron chi connectivity index (χ1n) is 5.68. The molecule has 0 saturated carbocycles. The molecule has 0 unspecified atom stereocenters. The van der Waals surface area contributed by atoms with Crippen LogP contribution in [0.4, 0.5) is 5.69 Å². The predicted molar refractivity (Wildman–Crippen MR) is 76.4 cm³/mol. The molecule has 1 aromatic carbocycles. The Kier molecular flexibility index (Phi) is 3.90. The minimum atomic E-state index is -0.933. The number of hydrogen-bond acceptors (Lipinski definition) is 3. The lowest BCUT2D eigenvalue weighted by Crippen LogP contribution is -2.16. The van der Waals surface area contributed by atoms with Crippen LogP contribution >= 0.6 is 15.9 Å². The monoisotopic (exact) mass is 323 g/mol. The summed E-state index contributed by atoms with van der Waals surface area (Å²) in [6.07, 6.45) is 3.74. The van der Waals surface area contributed by atoms with E-state index in [4.69, 9.17) is 5.11 Å². The van der Waals surface area contributed by atoms with E-state index >= 15 is 0 Å². The fraction of sp³-hybridized carbons (Fsp3) is 0.231. The predicted octanol–water partition coefficient (Wildman–Crippen LogP) is 2.52. The Morgan fingerprint density at radius 1 is 1.47 bits per heavy atom. The molecule has 0 atom stereocenters. The van der Waals surface area contributed by atoms with Crippen molar-refractivity contribution in [3.63, 3.8) is 0 Å². The topological polar surface area (TPSA) is 58.4 Å². The van der Waals surface area contributed by atoms with E-state index in [9.17, 15) is 4.79 Å². The SMILES string of the molecule is CN(Cc1cnn(C)c1)c1cc(Br)cc(C(=O)O)c1. The zero-order valence-corrected chi connectivity index (χ0v) is 12.3. The highest BCUT2D eigenvalue weighted by Crippen LogP contribution is 2.23. The van der Waals surface area contributed by atoms with E-state index in [2.05, 4.69) is 21.0 Å². The van der Waals surface area contributed by atoms with Crippen LogP contribution < -0.4 is 4.90 Å². The van der Waals surface area contributed by atoms with Gasteiger partial charge in [0.2, 0.25) is 0 Å². The van der Waals surface area contributed by atoms with Crippen molar-refractivity contribution in [1.82, 2.24) is 9.78 Å². The second-order valence-electron chi connectivity index (χ2n) is 4.38. The molecule has 1 heterocycles. The number of aromatic carboxylic acids is 1. The summed E-state index contributed by atoms with van der Waals surface area (Å²) in [5, 5.41) is 13.2. The number of aryl methyl sites for hydroxylation is 1. The maximum atomic E-state index is 11.0. The molecule has 0 aliphatic heterocycles. The van der Waals surface area contributed by atoms with E-state index in [-0.39, 0.29) is 5.56 Å². The lowest BCUT2D eigenvalue weighted by Gasteiger charge is -2.19. The molecular formula is C13H14BrN3O2. The third-order valence-corrected chi connectivity index (χ3v) is 3.21. The van der Waals surface area contributed by atoms with Gasteiger partial charge in [-0.3, -0.25) is 4.68 Å². The number of benzene rings is 1.